The van der Waals surface area contributed by atoms with Crippen molar-refractivity contribution in [2.24, 2.45) is 0 Å². The number of esters is 4. The molecule has 3 fully saturated rings. The molecule has 60 heavy (non-hydrogen) atoms. The third-order valence-electron chi connectivity index (χ3n) is 10.2. The van der Waals surface area contributed by atoms with Crippen LogP contribution in [0.1, 0.15) is 69.6 Å². The van der Waals surface area contributed by atoms with Crippen molar-refractivity contribution in [3.63, 3.8) is 0 Å². The van der Waals surface area contributed by atoms with Crippen molar-refractivity contribution >= 4 is 52.7 Å². The summed E-state index contributed by atoms with van der Waals surface area (Å²) in [5.74, 6) is -2.03. The molecule has 0 amide bonds. The minimum Gasteiger partial charge on any atom is -0.463 e. The van der Waals surface area contributed by atoms with Gasteiger partial charge in [-0.05, 0) is 29.3 Å². The van der Waals surface area contributed by atoms with Gasteiger partial charge in [-0.1, -0.05) is 48.6 Å². The summed E-state index contributed by atoms with van der Waals surface area (Å²) >= 11 is 5.80. The smallest absolute Gasteiger partial charge is 0.303 e. The first-order valence-electron chi connectivity index (χ1n) is 19.8. The van der Waals surface area contributed by atoms with Crippen LogP contribution in [0, 0.1) is 0 Å². The van der Waals surface area contributed by atoms with Gasteiger partial charge in [-0.3, -0.25) is 24.1 Å². The summed E-state index contributed by atoms with van der Waals surface area (Å²) in [6, 6.07) is 17.0. The normalized spacial score (nSPS) is 25.7. The predicted molar refractivity (Wildman–Crippen MR) is 218 cm³/mol. The van der Waals surface area contributed by atoms with E-state index in [1.165, 1.54) is 20.8 Å². The zero-order chi connectivity index (χ0) is 42.8. The number of aromatic nitrogens is 2. The SMILES string of the molecule is CC(=O)OC[C@H]1O[C@@H](CC(=S)Nc2cccc(C3O[C@H](CN4CCN(c5ncccn5)CC4)C[C@H](c4ccc(CO)cc4)O3)c2)[C@H](OC(C)=O)[C@@H](OC(C)=O)[C@@H]1OC(C)=O. The van der Waals surface area contributed by atoms with Crippen LogP contribution in [0.15, 0.2) is 67.0 Å². The summed E-state index contributed by atoms with van der Waals surface area (Å²) in [6.07, 6.45) is -3.04. The average molecular weight is 850 g/mol. The second-order valence-electron chi connectivity index (χ2n) is 14.8. The molecule has 8 atom stereocenters. The Morgan fingerprint density at radius 1 is 0.783 bits per heavy atom. The first-order valence-corrected chi connectivity index (χ1v) is 20.2. The molecule has 0 bridgehead atoms. The Hall–Kier alpha value is -5.11. The highest BCUT2D eigenvalue weighted by Gasteiger charge is 2.52. The van der Waals surface area contributed by atoms with E-state index in [-0.39, 0.29) is 36.8 Å². The van der Waals surface area contributed by atoms with Gasteiger partial charge in [0.2, 0.25) is 5.95 Å². The van der Waals surface area contributed by atoms with Crippen molar-refractivity contribution in [3.05, 3.63) is 83.7 Å². The van der Waals surface area contributed by atoms with Crippen LogP contribution in [0.5, 0.6) is 0 Å². The number of carbonyl (C=O) groups excluding carboxylic acids is 4. The van der Waals surface area contributed by atoms with E-state index < -0.39 is 60.7 Å². The Bertz CT molecular complexity index is 1950. The second kappa shape index (κ2) is 20.9. The van der Waals surface area contributed by atoms with Gasteiger partial charge in [0.25, 0.3) is 0 Å². The fourth-order valence-corrected chi connectivity index (χ4v) is 7.83. The van der Waals surface area contributed by atoms with E-state index in [1.807, 2.05) is 48.5 Å². The summed E-state index contributed by atoms with van der Waals surface area (Å²) in [4.78, 5) is 62.2. The Morgan fingerprint density at radius 2 is 1.43 bits per heavy atom. The molecular formula is C42H51N5O12S. The summed E-state index contributed by atoms with van der Waals surface area (Å²) in [7, 11) is 0. The van der Waals surface area contributed by atoms with Crippen molar-refractivity contribution in [3.8, 4) is 0 Å². The lowest BCUT2D eigenvalue weighted by atomic mass is 9.92. The van der Waals surface area contributed by atoms with E-state index in [2.05, 4.69) is 25.1 Å². The van der Waals surface area contributed by atoms with Crippen LogP contribution in [-0.2, 0) is 58.9 Å². The lowest BCUT2D eigenvalue weighted by molar-refractivity contribution is -0.253. The van der Waals surface area contributed by atoms with Crippen molar-refractivity contribution in [2.45, 2.75) is 96.2 Å². The number of anilines is 2. The molecular weight excluding hydrogens is 799 g/mol. The van der Waals surface area contributed by atoms with Crippen LogP contribution in [0.2, 0.25) is 0 Å². The molecule has 3 aromatic rings. The summed E-state index contributed by atoms with van der Waals surface area (Å²) in [5, 5.41) is 12.9. The van der Waals surface area contributed by atoms with E-state index in [0.717, 1.165) is 55.7 Å². The molecule has 6 rings (SSSR count). The molecule has 2 N–H and O–H groups in total. The summed E-state index contributed by atoms with van der Waals surface area (Å²) in [6.45, 7) is 8.21. The zero-order valence-corrected chi connectivity index (χ0v) is 34.8. The molecule has 0 saturated carbocycles. The van der Waals surface area contributed by atoms with Crippen LogP contribution in [-0.4, -0.2) is 125 Å². The highest BCUT2D eigenvalue weighted by atomic mass is 32.1. The van der Waals surface area contributed by atoms with Crippen molar-refractivity contribution < 1.29 is 57.4 Å². The highest BCUT2D eigenvalue weighted by Crippen LogP contribution is 2.39. The molecule has 0 spiro atoms. The molecule has 1 unspecified atom stereocenters. The van der Waals surface area contributed by atoms with Gasteiger partial charge in [-0.2, -0.15) is 0 Å². The molecule has 1 aromatic heterocycles. The Labute approximate surface area is 353 Å². The van der Waals surface area contributed by atoms with E-state index in [4.69, 9.17) is 45.4 Å². The van der Waals surface area contributed by atoms with Crippen molar-refractivity contribution in [1.29, 1.82) is 0 Å². The lowest BCUT2D eigenvalue weighted by Crippen LogP contribution is -2.62. The first kappa shape index (κ1) is 44.4. The van der Waals surface area contributed by atoms with Gasteiger partial charge in [0.1, 0.15) is 18.8 Å². The third kappa shape index (κ3) is 12.2. The third-order valence-corrected chi connectivity index (χ3v) is 10.5. The molecule has 322 valence electrons. The van der Waals surface area contributed by atoms with Gasteiger partial charge < -0.3 is 48.5 Å². The summed E-state index contributed by atoms with van der Waals surface area (Å²) < 4.78 is 41.4. The number of benzene rings is 2. The van der Waals surface area contributed by atoms with E-state index in [9.17, 15) is 24.3 Å². The van der Waals surface area contributed by atoms with Crippen LogP contribution >= 0.6 is 12.2 Å². The lowest BCUT2D eigenvalue weighted by Gasteiger charge is -2.44. The molecule has 3 aliphatic heterocycles. The number of ether oxygens (including phenoxy) is 7. The highest BCUT2D eigenvalue weighted by molar-refractivity contribution is 7.80. The minimum atomic E-state index is -1.30. The number of piperazine rings is 1. The largest absolute Gasteiger partial charge is 0.463 e. The Morgan fingerprint density at radius 3 is 2.07 bits per heavy atom. The number of hydrogen-bond acceptors (Lipinski definition) is 17. The van der Waals surface area contributed by atoms with E-state index >= 15 is 0 Å². The molecule has 4 heterocycles. The molecule has 0 aliphatic carbocycles. The number of aliphatic hydroxyl groups excluding tert-OH is 1. The van der Waals surface area contributed by atoms with Crippen LogP contribution in [0.3, 0.4) is 0 Å². The van der Waals surface area contributed by atoms with Crippen LogP contribution in [0.4, 0.5) is 11.6 Å². The Kier molecular flexibility index (Phi) is 15.5. The van der Waals surface area contributed by atoms with Gasteiger partial charge in [-0.15, -0.1) is 0 Å². The standard InChI is InChI=1S/C42H51N5O12S/c1-25(49)53-24-36-39(55-27(3)51)40(56-28(4)52)38(54-26(2)50)35(58-36)21-37(60)45-32-8-5-7-31(19-32)41-57-33(20-34(59-41)30-11-9-29(23-48)10-12-30)22-46-15-17-47(18-16-46)42-43-13-6-14-44-42/h5-14,19,33-36,38-41,48H,15-18,20-24H2,1-4H3,(H,45,60)/t33-,34+,35-,36+,38-,39+,40+,41?/m0/s1. The van der Waals surface area contributed by atoms with Gasteiger partial charge >= 0.3 is 23.9 Å². The minimum absolute atomic E-state index is 0.0350. The number of nitrogens with zero attached hydrogens (tertiary/aromatic N) is 4. The molecule has 0 radical (unpaired) electrons. The topological polar surface area (TPSA) is 197 Å². The van der Waals surface area contributed by atoms with E-state index in [0.29, 0.717) is 18.7 Å². The van der Waals surface area contributed by atoms with Gasteiger partial charge in [0.15, 0.2) is 24.6 Å². The average Bonchev–Trinajstić information content (AvgIpc) is 3.22. The van der Waals surface area contributed by atoms with Gasteiger partial charge in [-0.25, -0.2) is 9.97 Å². The van der Waals surface area contributed by atoms with Crippen molar-refractivity contribution in [1.82, 2.24) is 14.9 Å². The fraction of sp³-hybridized carbons (Fsp3) is 0.500. The summed E-state index contributed by atoms with van der Waals surface area (Å²) in [5.41, 5.74) is 3.12. The van der Waals surface area contributed by atoms with E-state index in [1.54, 1.807) is 18.5 Å². The molecule has 2 aromatic carbocycles. The second-order valence-corrected chi connectivity index (χ2v) is 15.3. The quantitative estimate of drug-likeness (QED) is 0.135. The number of nitrogens with one attached hydrogen (secondary N) is 1. The van der Waals surface area contributed by atoms with Crippen LogP contribution < -0.4 is 10.2 Å². The molecule has 3 aliphatic rings. The number of thiocarbonyl (C=S) groups is 1. The number of rotatable bonds is 14. The number of hydrogen-bond donors (Lipinski definition) is 2. The predicted octanol–water partition coefficient (Wildman–Crippen LogP) is 3.59. The van der Waals surface area contributed by atoms with Gasteiger partial charge in [0.05, 0.1) is 23.8 Å². The molecule has 17 nitrogen and oxygen atoms in total. The van der Waals surface area contributed by atoms with Gasteiger partial charge in [0, 0.05) is 96.9 Å². The monoisotopic (exact) mass is 849 g/mol. The molecule has 3 saturated heterocycles. The maximum Gasteiger partial charge on any atom is 0.303 e. The fourth-order valence-electron chi connectivity index (χ4n) is 7.55. The molecule has 18 heteroatoms. The number of carbonyl (C=O) groups is 4. The zero-order valence-electron chi connectivity index (χ0n) is 34.0. The first-order chi connectivity index (χ1) is 28.8. The number of aliphatic hydroxyl groups is 1. The van der Waals surface area contributed by atoms with Crippen LogP contribution in [0.25, 0.3) is 0 Å². The maximum atomic E-state index is 12.3. The van der Waals surface area contributed by atoms with Crippen molar-refractivity contribution in [2.75, 3.05) is 49.5 Å². The maximum absolute atomic E-state index is 12.3. The Balaban J connectivity index is 1.18.